The highest BCUT2D eigenvalue weighted by molar-refractivity contribution is 7.89. The Labute approximate surface area is 114 Å². The van der Waals surface area contributed by atoms with Crippen molar-refractivity contribution < 1.29 is 13.2 Å². The molecule has 2 heterocycles. The number of rotatable bonds is 2. The Kier molecular flexibility index (Phi) is 5.39. The summed E-state index contributed by atoms with van der Waals surface area (Å²) in [7, 11) is -3.17. The maximum Gasteiger partial charge on any atom is 0.238 e. The van der Waals surface area contributed by atoms with Gasteiger partial charge in [0.25, 0.3) is 0 Å². The molecule has 0 aromatic heterocycles. The van der Waals surface area contributed by atoms with Crippen LogP contribution in [0.25, 0.3) is 0 Å². The Morgan fingerprint density at radius 3 is 2.67 bits per heavy atom. The summed E-state index contributed by atoms with van der Waals surface area (Å²) in [5.41, 5.74) is 0. The number of halogens is 1. The molecule has 2 fully saturated rings. The fraction of sp³-hybridized carbons (Fsp3) is 0.900. The van der Waals surface area contributed by atoms with Crippen LogP contribution in [0.3, 0.4) is 0 Å². The predicted molar refractivity (Wildman–Crippen MR) is 71.3 cm³/mol. The number of nitrogens with one attached hydrogen (secondary N) is 1. The van der Waals surface area contributed by atoms with Crippen molar-refractivity contribution >= 4 is 28.3 Å². The smallest absolute Gasteiger partial charge is 0.238 e. The molecule has 1 unspecified atom stereocenters. The third kappa shape index (κ3) is 3.34. The molecular weight excluding hydrogens is 278 g/mol. The van der Waals surface area contributed by atoms with E-state index in [4.69, 9.17) is 0 Å². The van der Waals surface area contributed by atoms with Crippen molar-refractivity contribution in [2.45, 2.75) is 19.4 Å². The van der Waals surface area contributed by atoms with Gasteiger partial charge in [-0.25, -0.2) is 8.42 Å². The lowest BCUT2D eigenvalue weighted by Gasteiger charge is -2.34. The Hall–Kier alpha value is -0.370. The van der Waals surface area contributed by atoms with Gasteiger partial charge in [-0.05, 0) is 13.3 Å². The highest BCUT2D eigenvalue weighted by Gasteiger charge is 2.32. The van der Waals surface area contributed by atoms with Crippen LogP contribution in [0.2, 0.25) is 0 Å². The third-order valence-corrected chi connectivity index (χ3v) is 5.24. The van der Waals surface area contributed by atoms with E-state index in [0.717, 1.165) is 13.1 Å². The van der Waals surface area contributed by atoms with Gasteiger partial charge in [-0.1, -0.05) is 0 Å². The topological polar surface area (TPSA) is 69.7 Å². The molecule has 0 aliphatic carbocycles. The molecule has 2 saturated heterocycles. The van der Waals surface area contributed by atoms with Crippen molar-refractivity contribution in [2.75, 3.05) is 38.5 Å². The number of carbonyl (C=O) groups is 1. The van der Waals surface area contributed by atoms with E-state index in [9.17, 15) is 13.2 Å². The van der Waals surface area contributed by atoms with Gasteiger partial charge >= 0.3 is 0 Å². The zero-order chi connectivity index (χ0) is 12.5. The van der Waals surface area contributed by atoms with Crippen LogP contribution in [-0.2, 0) is 14.8 Å². The van der Waals surface area contributed by atoms with Gasteiger partial charge in [0.2, 0.25) is 15.9 Å². The Bertz CT molecular complexity index is 401. The summed E-state index contributed by atoms with van der Waals surface area (Å²) in [6.07, 6.45) is 0.632. The lowest BCUT2D eigenvalue weighted by Crippen LogP contribution is -2.54. The molecule has 1 N–H and O–H groups in total. The molecule has 0 aromatic carbocycles. The summed E-state index contributed by atoms with van der Waals surface area (Å²) in [5.74, 6) is 0.0988. The third-order valence-electron chi connectivity index (χ3n) is 3.34. The molecule has 8 heteroatoms. The average molecular weight is 298 g/mol. The maximum atomic E-state index is 12.0. The van der Waals surface area contributed by atoms with E-state index in [-0.39, 0.29) is 36.7 Å². The zero-order valence-corrected chi connectivity index (χ0v) is 12.1. The van der Waals surface area contributed by atoms with Crippen LogP contribution in [0.15, 0.2) is 0 Å². The maximum absolute atomic E-state index is 12.0. The highest BCUT2D eigenvalue weighted by atomic mass is 35.5. The van der Waals surface area contributed by atoms with Gasteiger partial charge < -0.3 is 10.2 Å². The molecule has 18 heavy (non-hydrogen) atoms. The summed E-state index contributed by atoms with van der Waals surface area (Å²) in [4.78, 5) is 13.8. The fourth-order valence-corrected chi connectivity index (χ4v) is 3.79. The molecule has 2 aliphatic rings. The normalized spacial score (nSPS) is 27.8. The molecule has 6 nitrogen and oxygen atoms in total. The first-order valence-corrected chi connectivity index (χ1v) is 7.59. The standard InChI is InChI=1S/C10H19N3O3S.ClH/c1-9-7-11-3-5-13(9)10(14)8-12-4-2-6-17(12,15)16;/h9,11H,2-8H2,1H3;1H. The van der Waals surface area contributed by atoms with E-state index in [1.54, 1.807) is 4.90 Å². The minimum Gasteiger partial charge on any atom is -0.336 e. The average Bonchev–Trinajstić information content (AvgIpc) is 2.59. The number of nitrogens with zero attached hydrogens (tertiary/aromatic N) is 2. The van der Waals surface area contributed by atoms with Crippen molar-refractivity contribution in [1.82, 2.24) is 14.5 Å². The number of sulfonamides is 1. The summed E-state index contributed by atoms with van der Waals surface area (Å²) < 4.78 is 24.5. The second-order valence-corrected chi connectivity index (χ2v) is 6.73. The van der Waals surface area contributed by atoms with E-state index in [0.29, 0.717) is 19.5 Å². The highest BCUT2D eigenvalue weighted by Crippen LogP contribution is 2.14. The minimum atomic E-state index is -3.17. The summed E-state index contributed by atoms with van der Waals surface area (Å²) in [5, 5.41) is 3.20. The number of amides is 1. The van der Waals surface area contributed by atoms with Crippen molar-refractivity contribution in [2.24, 2.45) is 0 Å². The van der Waals surface area contributed by atoms with Gasteiger partial charge in [0.1, 0.15) is 0 Å². The number of carbonyl (C=O) groups excluding carboxylic acids is 1. The van der Waals surface area contributed by atoms with Crippen LogP contribution in [0, 0.1) is 0 Å². The zero-order valence-electron chi connectivity index (χ0n) is 10.5. The van der Waals surface area contributed by atoms with Gasteiger partial charge in [-0.15, -0.1) is 12.4 Å². The second kappa shape index (κ2) is 6.18. The Morgan fingerprint density at radius 1 is 1.39 bits per heavy atom. The Balaban J connectivity index is 0.00000162. The first-order valence-electron chi connectivity index (χ1n) is 5.99. The van der Waals surface area contributed by atoms with Crippen molar-refractivity contribution in [1.29, 1.82) is 0 Å². The molecule has 0 spiro atoms. The van der Waals surface area contributed by atoms with Crippen molar-refractivity contribution in [3.63, 3.8) is 0 Å². The summed E-state index contributed by atoms with van der Waals surface area (Å²) in [6.45, 7) is 4.68. The van der Waals surface area contributed by atoms with Gasteiger partial charge in [0.15, 0.2) is 0 Å². The second-order valence-electron chi connectivity index (χ2n) is 4.64. The van der Waals surface area contributed by atoms with Crippen LogP contribution in [0.4, 0.5) is 0 Å². The van der Waals surface area contributed by atoms with Crippen LogP contribution >= 0.6 is 12.4 Å². The first kappa shape index (κ1) is 15.7. The number of hydrogen-bond donors (Lipinski definition) is 1. The molecule has 0 radical (unpaired) electrons. The number of piperazine rings is 1. The van der Waals surface area contributed by atoms with Crippen LogP contribution < -0.4 is 5.32 Å². The SMILES string of the molecule is CC1CNCCN1C(=O)CN1CCCS1(=O)=O.Cl. The van der Waals surface area contributed by atoms with Crippen LogP contribution in [0.1, 0.15) is 13.3 Å². The molecule has 2 rings (SSSR count). The molecule has 0 saturated carbocycles. The van der Waals surface area contributed by atoms with E-state index in [1.165, 1.54) is 4.31 Å². The molecule has 0 bridgehead atoms. The van der Waals surface area contributed by atoms with E-state index in [1.807, 2.05) is 6.92 Å². The first-order chi connectivity index (χ1) is 8.00. The van der Waals surface area contributed by atoms with Gasteiger partial charge in [0.05, 0.1) is 12.3 Å². The van der Waals surface area contributed by atoms with Crippen molar-refractivity contribution in [3.05, 3.63) is 0 Å². The van der Waals surface area contributed by atoms with Gasteiger partial charge in [0, 0.05) is 32.2 Å². The summed E-state index contributed by atoms with van der Waals surface area (Å²) >= 11 is 0. The molecule has 2 aliphatic heterocycles. The minimum absolute atomic E-state index is 0. The predicted octanol–water partition coefficient (Wildman–Crippen LogP) is -0.736. The molecule has 1 amide bonds. The Morgan fingerprint density at radius 2 is 2.11 bits per heavy atom. The van der Waals surface area contributed by atoms with Crippen LogP contribution in [0.5, 0.6) is 0 Å². The summed E-state index contributed by atoms with van der Waals surface area (Å²) in [6, 6.07) is 0.140. The monoisotopic (exact) mass is 297 g/mol. The van der Waals surface area contributed by atoms with E-state index in [2.05, 4.69) is 5.32 Å². The molecular formula is C10H20ClN3O3S. The molecule has 0 aromatic rings. The van der Waals surface area contributed by atoms with Crippen molar-refractivity contribution in [3.8, 4) is 0 Å². The lowest BCUT2D eigenvalue weighted by molar-refractivity contribution is -0.134. The van der Waals surface area contributed by atoms with Crippen LogP contribution in [-0.4, -0.2) is 68.0 Å². The van der Waals surface area contributed by atoms with E-state index < -0.39 is 10.0 Å². The largest absolute Gasteiger partial charge is 0.336 e. The van der Waals surface area contributed by atoms with E-state index >= 15 is 0 Å². The quantitative estimate of drug-likeness (QED) is 0.729. The number of hydrogen-bond acceptors (Lipinski definition) is 4. The molecule has 1 atom stereocenters. The fourth-order valence-electron chi connectivity index (χ4n) is 2.32. The lowest BCUT2D eigenvalue weighted by atomic mass is 10.2. The van der Waals surface area contributed by atoms with Gasteiger partial charge in [-0.2, -0.15) is 4.31 Å². The molecule has 106 valence electrons. The van der Waals surface area contributed by atoms with Gasteiger partial charge in [-0.3, -0.25) is 4.79 Å².